The van der Waals surface area contributed by atoms with Gasteiger partial charge in [-0.2, -0.15) is 0 Å². The van der Waals surface area contributed by atoms with Crippen LogP contribution in [0.4, 0.5) is 0 Å². The zero-order valence-corrected chi connectivity index (χ0v) is 19.9. The van der Waals surface area contributed by atoms with Crippen molar-refractivity contribution in [1.29, 1.82) is 0 Å². The van der Waals surface area contributed by atoms with Crippen LogP contribution in [0.3, 0.4) is 0 Å². The van der Waals surface area contributed by atoms with Crippen molar-refractivity contribution >= 4 is 5.97 Å². The second-order valence-corrected chi connectivity index (χ2v) is 11.2. The van der Waals surface area contributed by atoms with E-state index in [-0.39, 0.29) is 34.4 Å². The number of methoxy groups -OCH3 is 1. The summed E-state index contributed by atoms with van der Waals surface area (Å²) in [6.45, 7) is 15.0. The average Bonchev–Trinajstić information content (AvgIpc) is 2.98. The van der Waals surface area contributed by atoms with Gasteiger partial charge in [-0.1, -0.05) is 27.7 Å². The van der Waals surface area contributed by atoms with E-state index < -0.39 is 0 Å². The van der Waals surface area contributed by atoms with Crippen molar-refractivity contribution in [3.05, 3.63) is 28.3 Å². The molecule has 0 saturated heterocycles. The second-order valence-electron chi connectivity index (χ2n) is 11.2. The number of benzene rings is 1. The second kappa shape index (κ2) is 6.72. The molecule has 166 valence electrons. The van der Waals surface area contributed by atoms with Crippen LogP contribution in [0.15, 0.2) is 6.07 Å². The predicted octanol–water partition coefficient (Wildman–Crippen LogP) is 4.88. The number of esters is 1. The van der Waals surface area contributed by atoms with Gasteiger partial charge in [0.25, 0.3) is 0 Å². The van der Waals surface area contributed by atoms with Crippen molar-refractivity contribution in [3.63, 3.8) is 0 Å². The Morgan fingerprint density at radius 1 is 1.13 bits per heavy atom. The van der Waals surface area contributed by atoms with Crippen molar-refractivity contribution < 1.29 is 19.4 Å². The van der Waals surface area contributed by atoms with E-state index in [9.17, 15) is 9.90 Å². The lowest BCUT2D eigenvalue weighted by molar-refractivity contribution is -0.196. The molecule has 6 atom stereocenters. The molecule has 0 radical (unpaired) electrons. The molecule has 1 aromatic carbocycles. The third-order valence-electron chi connectivity index (χ3n) is 9.65. The van der Waals surface area contributed by atoms with Crippen LogP contribution in [0.5, 0.6) is 5.75 Å². The van der Waals surface area contributed by atoms with E-state index in [0.717, 1.165) is 31.4 Å². The first-order valence-electron chi connectivity index (χ1n) is 11.4. The first-order valence-corrected chi connectivity index (χ1v) is 11.4. The molecule has 0 bridgehead atoms. The minimum absolute atomic E-state index is 0.0841. The fourth-order valence-corrected chi connectivity index (χ4v) is 7.71. The van der Waals surface area contributed by atoms with Gasteiger partial charge in [-0.3, -0.25) is 4.79 Å². The quantitative estimate of drug-likeness (QED) is 0.701. The van der Waals surface area contributed by atoms with Crippen molar-refractivity contribution in [2.24, 2.45) is 22.7 Å². The molecule has 3 aliphatic carbocycles. The summed E-state index contributed by atoms with van der Waals surface area (Å²) in [6, 6.07) is 2.21. The molecular formula is C26H38O4. The van der Waals surface area contributed by atoms with E-state index in [4.69, 9.17) is 9.47 Å². The Morgan fingerprint density at radius 2 is 1.80 bits per heavy atom. The van der Waals surface area contributed by atoms with Crippen LogP contribution in [-0.2, 0) is 21.4 Å². The first-order chi connectivity index (χ1) is 13.9. The largest absolute Gasteiger partial charge is 0.496 e. The maximum atomic E-state index is 12.2. The van der Waals surface area contributed by atoms with Crippen LogP contribution >= 0.6 is 0 Å². The fourth-order valence-electron chi connectivity index (χ4n) is 7.71. The minimum Gasteiger partial charge on any atom is -0.496 e. The highest BCUT2D eigenvalue weighted by Gasteiger charge is 2.67. The molecule has 1 N–H and O–H groups in total. The van der Waals surface area contributed by atoms with Gasteiger partial charge in [0.1, 0.15) is 11.9 Å². The van der Waals surface area contributed by atoms with E-state index in [1.165, 1.54) is 29.2 Å². The normalized spacial score (nSPS) is 39.0. The van der Waals surface area contributed by atoms with Gasteiger partial charge in [0, 0.05) is 12.3 Å². The highest BCUT2D eigenvalue weighted by Crippen LogP contribution is 2.68. The molecule has 0 unspecified atom stereocenters. The third-order valence-corrected chi connectivity index (χ3v) is 9.65. The van der Waals surface area contributed by atoms with Gasteiger partial charge in [-0.25, -0.2) is 0 Å². The summed E-state index contributed by atoms with van der Waals surface area (Å²) in [5.41, 5.74) is 4.83. The Morgan fingerprint density at radius 3 is 2.40 bits per heavy atom. The number of fused-ring (bicyclic) bond motifs is 5. The van der Waals surface area contributed by atoms with Gasteiger partial charge in [-0.05, 0) is 90.5 Å². The molecule has 2 saturated carbocycles. The molecule has 1 aromatic rings. The van der Waals surface area contributed by atoms with E-state index in [2.05, 4.69) is 47.6 Å². The fraction of sp³-hybridized carbons (Fsp3) is 0.731. The Kier molecular flexibility index (Phi) is 4.86. The lowest BCUT2D eigenvalue weighted by atomic mass is 9.42. The van der Waals surface area contributed by atoms with Crippen LogP contribution in [0.1, 0.15) is 76.1 Å². The van der Waals surface area contributed by atoms with Gasteiger partial charge >= 0.3 is 5.97 Å². The van der Waals surface area contributed by atoms with Crippen LogP contribution < -0.4 is 4.74 Å². The number of aliphatic hydroxyl groups excluding tert-OH is 1. The number of hydrogen-bond donors (Lipinski definition) is 1. The molecule has 0 amide bonds. The molecular weight excluding hydrogens is 376 g/mol. The van der Waals surface area contributed by atoms with Crippen LogP contribution in [0.25, 0.3) is 0 Å². The number of hydrogen-bond acceptors (Lipinski definition) is 4. The van der Waals surface area contributed by atoms with Crippen molar-refractivity contribution in [2.75, 3.05) is 7.11 Å². The average molecular weight is 415 g/mol. The van der Waals surface area contributed by atoms with Crippen molar-refractivity contribution in [2.45, 2.75) is 91.8 Å². The van der Waals surface area contributed by atoms with E-state index in [0.29, 0.717) is 11.8 Å². The molecule has 0 heterocycles. The number of carbonyl (C=O) groups excluding carboxylic acids is 1. The molecule has 3 aliphatic rings. The zero-order valence-electron chi connectivity index (χ0n) is 19.9. The maximum absolute atomic E-state index is 12.2. The topological polar surface area (TPSA) is 55.8 Å². The van der Waals surface area contributed by atoms with Gasteiger partial charge in [0.2, 0.25) is 0 Å². The Balaban J connectivity index is 1.93. The summed E-state index contributed by atoms with van der Waals surface area (Å²) < 4.78 is 11.8. The summed E-state index contributed by atoms with van der Waals surface area (Å²) >= 11 is 0. The lowest BCUT2D eigenvalue weighted by Crippen LogP contribution is -2.63. The van der Waals surface area contributed by atoms with Crippen molar-refractivity contribution in [3.8, 4) is 5.75 Å². The Labute approximate surface area is 181 Å². The molecule has 0 aliphatic heterocycles. The van der Waals surface area contributed by atoms with E-state index in [1.54, 1.807) is 7.11 Å². The van der Waals surface area contributed by atoms with Crippen molar-refractivity contribution in [1.82, 2.24) is 0 Å². The molecule has 30 heavy (non-hydrogen) atoms. The maximum Gasteiger partial charge on any atom is 0.302 e. The highest BCUT2D eigenvalue weighted by atomic mass is 16.5. The first kappa shape index (κ1) is 21.7. The molecule has 2 fully saturated rings. The lowest BCUT2D eigenvalue weighted by Gasteiger charge is -2.63. The number of rotatable bonds is 2. The van der Waals surface area contributed by atoms with E-state index in [1.807, 2.05) is 0 Å². The van der Waals surface area contributed by atoms with Crippen LogP contribution in [0, 0.1) is 36.5 Å². The van der Waals surface area contributed by atoms with Gasteiger partial charge in [0.15, 0.2) is 0 Å². The monoisotopic (exact) mass is 414 g/mol. The summed E-state index contributed by atoms with van der Waals surface area (Å²) in [4.78, 5) is 12.2. The predicted molar refractivity (Wildman–Crippen MR) is 118 cm³/mol. The summed E-state index contributed by atoms with van der Waals surface area (Å²) in [6.07, 6.45) is 3.13. The summed E-state index contributed by atoms with van der Waals surface area (Å²) in [7, 11) is 1.73. The SMILES string of the molecule is COc1cc2c(c(C)c1C)C[C@@H]1[C@@]3(C)CC[C@H](O)C(C)(C)[C@@H]3C[C@H](OC(C)=O)[C@@]21C. The molecule has 0 spiro atoms. The number of ether oxygens (including phenoxy) is 2. The van der Waals surface area contributed by atoms with Gasteiger partial charge < -0.3 is 14.6 Å². The minimum atomic E-state index is -0.314. The zero-order chi connectivity index (χ0) is 22.2. The molecule has 4 heteroatoms. The van der Waals surface area contributed by atoms with Gasteiger partial charge in [0.05, 0.1) is 13.2 Å². The summed E-state index contributed by atoms with van der Waals surface area (Å²) in [5, 5.41) is 10.9. The molecule has 4 rings (SSSR count). The highest BCUT2D eigenvalue weighted by molar-refractivity contribution is 5.67. The standard InChI is InChI=1S/C26H38O4/c1-14-15(2)19(29-8)12-18-17(14)11-21-25(6)10-9-22(28)24(4,5)20(25)13-23(26(18,21)7)30-16(3)27/h12,20-23,28H,9-11,13H2,1-8H3/t20-,21+,22-,23-,25-,26-/m0/s1. The summed E-state index contributed by atoms with van der Waals surface area (Å²) in [5.74, 6) is 1.36. The number of aliphatic hydroxyl groups is 1. The Hall–Kier alpha value is -1.55. The van der Waals surface area contributed by atoms with Gasteiger partial charge in [-0.15, -0.1) is 0 Å². The van der Waals surface area contributed by atoms with E-state index >= 15 is 0 Å². The number of carbonyl (C=O) groups is 1. The Bertz CT molecular complexity index is 888. The smallest absolute Gasteiger partial charge is 0.302 e. The molecule has 0 aromatic heterocycles. The van der Waals surface area contributed by atoms with Crippen LogP contribution in [-0.4, -0.2) is 30.4 Å². The van der Waals surface area contributed by atoms with Crippen LogP contribution in [0.2, 0.25) is 0 Å². The molecule has 4 nitrogen and oxygen atoms in total. The third kappa shape index (κ3) is 2.65.